The van der Waals surface area contributed by atoms with Crippen LogP contribution in [0.4, 0.5) is 11.4 Å². The molecular weight excluding hydrogens is 258 g/mol. The second kappa shape index (κ2) is 5.90. The molecule has 1 heterocycles. The Hall–Kier alpha value is -2.11. The number of piperidine rings is 1. The number of benzene rings is 1. The molecule has 0 saturated carbocycles. The number of nitrogens with one attached hydrogen (secondary N) is 1. The minimum absolute atomic E-state index is 0.0421. The van der Waals surface area contributed by atoms with Crippen LogP contribution in [0, 0.1) is 16.0 Å². The lowest BCUT2D eigenvalue weighted by molar-refractivity contribution is -0.384. The van der Waals surface area contributed by atoms with E-state index in [0.717, 1.165) is 30.6 Å². The highest BCUT2D eigenvalue weighted by atomic mass is 16.6. The number of nitrogens with zero attached hydrogens (tertiary/aromatic N) is 2. The van der Waals surface area contributed by atoms with Gasteiger partial charge in [-0.05, 0) is 18.9 Å². The molecule has 0 radical (unpaired) electrons. The largest absolute Gasteiger partial charge is 0.388 e. The van der Waals surface area contributed by atoms with Crippen LogP contribution in [0.3, 0.4) is 0 Å². The van der Waals surface area contributed by atoms with Crippen molar-refractivity contribution in [3.63, 3.8) is 0 Å². The molecule has 1 atom stereocenters. The van der Waals surface area contributed by atoms with E-state index < -0.39 is 4.92 Å². The predicted octanol–water partition coefficient (Wildman–Crippen LogP) is 2.40. The van der Waals surface area contributed by atoms with E-state index in [-0.39, 0.29) is 17.5 Å². The van der Waals surface area contributed by atoms with Crippen molar-refractivity contribution in [2.45, 2.75) is 26.3 Å². The van der Waals surface area contributed by atoms with E-state index in [1.54, 1.807) is 24.1 Å². The number of anilines is 1. The Morgan fingerprint density at radius 3 is 2.90 bits per heavy atom. The van der Waals surface area contributed by atoms with E-state index >= 15 is 0 Å². The van der Waals surface area contributed by atoms with Crippen LogP contribution < -0.4 is 5.32 Å². The van der Waals surface area contributed by atoms with Crippen LogP contribution in [0.25, 0.3) is 0 Å². The minimum atomic E-state index is -0.413. The summed E-state index contributed by atoms with van der Waals surface area (Å²) >= 11 is 0. The lowest BCUT2D eigenvalue weighted by atomic mass is 9.98. The molecule has 108 valence electrons. The van der Waals surface area contributed by atoms with Crippen molar-refractivity contribution in [3.8, 4) is 0 Å². The molecule has 1 N–H and O–H groups in total. The van der Waals surface area contributed by atoms with E-state index in [0.29, 0.717) is 6.54 Å². The molecule has 1 unspecified atom stereocenters. The number of amides is 1. The molecule has 1 aromatic rings. The summed E-state index contributed by atoms with van der Waals surface area (Å²) in [4.78, 5) is 24.4. The maximum atomic E-state index is 12.1. The molecule has 20 heavy (non-hydrogen) atoms. The maximum Gasteiger partial charge on any atom is 0.269 e. The monoisotopic (exact) mass is 277 g/mol. The van der Waals surface area contributed by atoms with Gasteiger partial charge in [-0.2, -0.15) is 0 Å². The van der Waals surface area contributed by atoms with Gasteiger partial charge in [0.05, 0.1) is 4.92 Å². The zero-order valence-corrected chi connectivity index (χ0v) is 11.8. The van der Waals surface area contributed by atoms with Crippen LogP contribution in [0.1, 0.15) is 25.3 Å². The van der Waals surface area contributed by atoms with Crippen molar-refractivity contribution in [1.29, 1.82) is 0 Å². The normalized spacial score (nSPS) is 19.0. The summed E-state index contributed by atoms with van der Waals surface area (Å²) in [6, 6.07) is 4.69. The number of carbonyl (C=O) groups excluding carboxylic acids is 1. The van der Waals surface area contributed by atoms with Gasteiger partial charge in [0, 0.05) is 49.4 Å². The summed E-state index contributed by atoms with van der Waals surface area (Å²) in [5.41, 5.74) is 1.65. The highest BCUT2D eigenvalue weighted by Gasteiger charge is 2.26. The molecular formula is C14H19N3O3. The third-order valence-corrected chi connectivity index (χ3v) is 3.73. The average Bonchev–Trinajstić information content (AvgIpc) is 2.43. The lowest BCUT2D eigenvalue weighted by Crippen LogP contribution is -2.39. The number of hydrogen-bond acceptors (Lipinski definition) is 4. The van der Waals surface area contributed by atoms with Gasteiger partial charge in [-0.3, -0.25) is 14.9 Å². The summed E-state index contributed by atoms with van der Waals surface area (Å²) in [5.74, 6) is 0.172. The van der Waals surface area contributed by atoms with Crippen LogP contribution in [0.2, 0.25) is 0 Å². The van der Waals surface area contributed by atoms with Crippen LogP contribution in [-0.2, 0) is 11.3 Å². The molecule has 1 amide bonds. The third-order valence-electron chi connectivity index (χ3n) is 3.73. The van der Waals surface area contributed by atoms with E-state index in [1.165, 1.54) is 6.07 Å². The smallest absolute Gasteiger partial charge is 0.269 e. The van der Waals surface area contributed by atoms with Crippen LogP contribution in [0.5, 0.6) is 0 Å². The van der Waals surface area contributed by atoms with Crippen LogP contribution in [-0.4, -0.2) is 29.3 Å². The van der Waals surface area contributed by atoms with Gasteiger partial charge in [0.2, 0.25) is 5.91 Å². The Morgan fingerprint density at radius 1 is 1.50 bits per heavy atom. The van der Waals surface area contributed by atoms with Crippen molar-refractivity contribution in [2.24, 2.45) is 5.92 Å². The zero-order valence-electron chi connectivity index (χ0n) is 11.8. The summed E-state index contributed by atoms with van der Waals surface area (Å²) in [6.07, 6.45) is 1.90. The maximum absolute atomic E-state index is 12.1. The first-order valence-electron chi connectivity index (χ1n) is 6.76. The van der Waals surface area contributed by atoms with Crippen molar-refractivity contribution in [3.05, 3.63) is 33.9 Å². The number of nitro groups is 1. The van der Waals surface area contributed by atoms with Gasteiger partial charge >= 0.3 is 0 Å². The predicted molar refractivity (Wildman–Crippen MR) is 76.5 cm³/mol. The van der Waals surface area contributed by atoms with Crippen LogP contribution in [0.15, 0.2) is 18.2 Å². The van der Waals surface area contributed by atoms with Gasteiger partial charge in [0.1, 0.15) is 0 Å². The Kier molecular flexibility index (Phi) is 4.22. The quantitative estimate of drug-likeness (QED) is 0.677. The topological polar surface area (TPSA) is 75.5 Å². The number of hydrogen-bond donors (Lipinski definition) is 1. The van der Waals surface area contributed by atoms with Gasteiger partial charge in [0.15, 0.2) is 0 Å². The van der Waals surface area contributed by atoms with Gasteiger partial charge < -0.3 is 10.2 Å². The summed E-state index contributed by atoms with van der Waals surface area (Å²) < 4.78 is 0. The molecule has 1 aliphatic rings. The molecule has 0 bridgehead atoms. The zero-order chi connectivity index (χ0) is 14.7. The Bertz CT molecular complexity index is 530. The fourth-order valence-corrected chi connectivity index (χ4v) is 2.56. The van der Waals surface area contributed by atoms with Gasteiger partial charge in [-0.1, -0.05) is 6.92 Å². The lowest BCUT2D eigenvalue weighted by Gasteiger charge is -2.31. The molecule has 6 nitrogen and oxygen atoms in total. The number of carbonyl (C=O) groups is 1. The fraction of sp³-hybridized carbons (Fsp3) is 0.500. The molecule has 1 fully saturated rings. The van der Waals surface area contributed by atoms with Crippen LogP contribution >= 0.6 is 0 Å². The van der Waals surface area contributed by atoms with E-state index in [2.05, 4.69) is 5.32 Å². The van der Waals surface area contributed by atoms with Crippen molar-refractivity contribution in [2.75, 3.05) is 18.9 Å². The molecule has 2 rings (SSSR count). The molecule has 1 saturated heterocycles. The van der Waals surface area contributed by atoms with E-state index in [9.17, 15) is 14.9 Å². The second-order valence-corrected chi connectivity index (χ2v) is 5.15. The minimum Gasteiger partial charge on any atom is -0.388 e. The summed E-state index contributed by atoms with van der Waals surface area (Å²) in [5, 5.41) is 13.9. The number of rotatable bonds is 4. The van der Waals surface area contributed by atoms with Crippen molar-refractivity contribution in [1.82, 2.24) is 4.90 Å². The molecule has 6 heteroatoms. The van der Waals surface area contributed by atoms with Crippen molar-refractivity contribution < 1.29 is 9.72 Å². The molecule has 1 aromatic carbocycles. The number of nitro benzene ring substituents is 1. The number of likely N-dealkylation sites (tertiary alicyclic amines) is 1. The Balaban J connectivity index is 2.24. The first kappa shape index (κ1) is 14.3. The molecule has 0 spiro atoms. The first-order valence-corrected chi connectivity index (χ1v) is 6.76. The third kappa shape index (κ3) is 2.89. The van der Waals surface area contributed by atoms with Gasteiger partial charge in [0.25, 0.3) is 5.69 Å². The van der Waals surface area contributed by atoms with Gasteiger partial charge in [-0.15, -0.1) is 0 Å². The summed E-state index contributed by atoms with van der Waals surface area (Å²) in [6.45, 7) is 3.07. The molecule has 0 aromatic heterocycles. The molecule has 1 aliphatic heterocycles. The fourth-order valence-electron chi connectivity index (χ4n) is 2.56. The Labute approximate surface area is 117 Å². The van der Waals surface area contributed by atoms with Crippen molar-refractivity contribution >= 4 is 17.3 Å². The number of non-ortho nitro benzene ring substituents is 1. The van der Waals surface area contributed by atoms with E-state index in [4.69, 9.17) is 0 Å². The Morgan fingerprint density at radius 2 is 2.25 bits per heavy atom. The highest BCUT2D eigenvalue weighted by molar-refractivity contribution is 5.79. The molecule has 0 aliphatic carbocycles. The van der Waals surface area contributed by atoms with E-state index in [1.807, 2.05) is 6.92 Å². The SMILES string of the molecule is CNc1ccc([N+](=O)[O-])cc1CN1CCCC(C)C1=O. The second-order valence-electron chi connectivity index (χ2n) is 5.15. The standard InChI is InChI=1S/C14H19N3O3/c1-10-4-3-7-16(14(10)18)9-11-8-12(17(19)20)5-6-13(11)15-2/h5-6,8,10,15H,3-4,7,9H2,1-2H3. The average molecular weight is 277 g/mol. The summed E-state index contributed by atoms with van der Waals surface area (Å²) in [7, 11) is 1.77. The van der Waals surface area contributed by atoms with Gasteiger partial charge in [-0.25, -0.2) is 0 Å². The highest BCUT2D eigenvalue weighted by Crippen LogP contribution is 2.26. The first-order chi connectivity index (χ1) is 9.52.